The van der Waals surface area contributed by atoms with Crippen LogP contribution in [0.25, 0.3) is 0 Å². The Morgan fingerprint density at radius 1 is 1.12 bits per heavy atom. The number of benzene rings is 2. The fraction of sp³-hybridized carbons (Fsp3) is 0.263. The average Bonchev–Trinajstić information content (AvgIpc) is 2.55. The summed E-state index contributed by atoms with van der Waals surface area (Å²) in [6, 6.07) is 11.6. The topological polar surface area (TPSA) is 62.7 Å². The summed E-state index contributed by atoms with van der Waals surface area (Å²) in [7, 11) is 1.62. The Kier molecular flexibility index (Phi) is 5.95. The number of hydrogen-bond donors (Lipinski definition) is 2. The Morgan fingerprint density at radius 2 is 1.75 bits per heavy atom. The Balaban J connectivity index is 1.86. The second kappa shape index (κ2) is 8.15. The molecule has 5 heteroatoms. The predicted octanol–water partition coefficient (Wildman–Crippen LogP) is 3.18. The lowest BCUT2D eigenvalue weighted by Gasteiger charge is -2.07. The number of methoxy groups -OCH3 is 1. The van der Waals surface area contributed by atoms with Crippen LogP contribution in [0, 0.1) is 20.8 Å². The second-order valence-corrected chi connectivity index (χ2v) is 5.69. The largest absolute Gasteiger partial charge is 0.497 e. The van der Waals surface area contributed by atoms with Gasteiger partial charge in [-0.2, -0.15) is 5.10 Å². The van der Waals surface area contributed by atoms with Gasteiger partial charge in [0.2, 0.25) is 0 Å². The first kappa shape index (κ1) is 17.5. The third-order valence-corrected chi connectivity index (χ3v) is 3.66. The van der Waals surface area contributed by atoms with Gasteiger partial charge in [0.1, 0.15) is 5.75 Å². The van der Waals surface area contributed by atoms with Crippen LogP contribution in [0.1, 0.15) is 22.3 Å². The summed E-state index contributed by atoms with van der Waals surface area (Å²) in [6.45, 7) is 6.28. The zero-order valence-electron chi connectivity index (χ0n) is 14.5. The van der Waals surface area contributed by atoms with Crippen molar-refractivity contribution in [2.45, 2.75) is 20.8 Å². The number of carbonyl (C=O) groups excluding carboxylic acids is 1. The van der Waals surface area contributed by atoms with Gasteiger partial charge in [0, 0.05) is 11.3 Å². The van der Waals surface area contributed by atoms with Gasteiger partial charge in [0.25, 0.3) is 5.91 Å². The maximum Gasteiger partial charge on any atom is 0.259 e. The van der Waals surface area contributed by atoms with Crippen LogP contribution in [-0.4, -0.2) is 25.8 Å². The third kappa shape index (κ3) is 4.84. The highest BCUT2D eigenvalue weighted by Crippen LogP contribution is 2.15. The van der Waals surface area contributed by atoms with E-state index in [1.807, 2.05) is 38.1 Å². The molecule has 0 aromatic heterocycles. The van der Waals surface area contributed by atoms with Crippen molar-refractivity contribution in [2.24, 2.45) is 5.10 Å². The molecule has 0 spiro atoms. The normalized spacial score (nSPS) is 10.7. The number of aryl methyl sites for hydroxylation is 3. The summed E-state index contributed by atoms with van der Waals surface area (Å²) in [5, 5.41) is 7.08. The molecule has 0 aliphatic heterocycles. The zero-order valence-corrected chi connectivity index (χ0v) is 14.5. The van der Waals surface area contributed by atoms with E-state index < -0.39 is 0 Å². The Bertz CT molecular complexity index is 714. The van der Waals surface area contributed by atoms with Crippen molar-refractivity contribution in [1.29, 1.82) is 0 Å². The summed E-state index contributed by atoms with van der Waals surface area (Å²) in [5.74, 6) is 0.572. The standard InChI is InChI=1S/C19H23N3O2/c1-13-9-14(2)18(15(3)10-13)11-21-22-19(23)12-20-16-5-7-17(24-4)8-6-16/h5-11,20H,12H2,1-4H3,(H,22,23)/b21-11-. The Hall–Kier alpha value is -2.82. The number of hydrogen-bond acceptors (Lipinski definition) is 4. The van der Waals surface area contributed by atoms with Crippen LogP contribution in [0.3, 0.4) is 0 Å². The van der Waals surface area contributed by atoms with Gasteiger partial charge in [-0.3, -0.25) is 4.79 Å². The maximum atomic E-state index is 11.8. The van der Waals surface area contributed by atoms with Crippen LogP contribution in [0.5, 0.6) is 5.75 Å². The van der Waals surface area contributed by atoms with E-state index in [2.05, 4.69) is 34.9 Å². The van der Waals surface area contributed by atoms with Crippen LogP contribution in [-0.2, 0) is 4.79 Å². The molecular weight excluding hydrogens is 302 g/mol. The van der Waals surface area contributed by atoms with Gasteiger partial charge in [-0.15, -0.1) is 0 Å². The van der Waals surface area contributed by atoms with Crippen LogP contribution >= 0.6 is 0 Å². The van der Waals surface area contributed by atoms with Crippen molar-refractivity contribution in [3.8, 4) is 5.75 Å². The molecule has 2 rings (SSSR count). The van der Waals surface area contributed by atoms with E-state index in [4.69, 9.17) is 4.74 Å². The van der Waals surface area contributed by atoms with Gasteiger partial charge in [-0.25, -0.2) is 5.43 Å². The second-order valence-electron chi connectivity index (χ2n) is 5.69. The van der Waals surface area contributed by atoms with Crippen LogP contribution < -0.4 is 15.5 Å². The summed E-state index contributed by atoms with van der Waals surface area (Å²) >= 11 is 0. The summed E-state index contributed by atoms with van der Waals surface area (Å²) in [4.78, 5) is 11.8. The predicted molar refractivity (Wildman–Crippen MR) is 97.9 cm³/mol. The highest BCUT2D eigenvalue weighted by molar-refractivity contribution is 5.86. The van der Waals surface area contributed by atoms with E-state index in [-0.39, 0.29) is 12.5 Å². The van der Waals surface area contributed by atoms with Crippen molar-refractivity contribution in [2.75, 3.05) is 19.0 Å². The molecule has 5 nitrogen and oxygen atoms in total. The fourth-order valence-corrected chi connectivity index (χ4v) is 2.49. The molecule has 0 unspecified atom stereocenters. The van der Waals surface area contributed by atoms with Crippen LogP contribution in [0.4, 0.5) is 5.69 Å². The molecule has 0 saturated carbocycles. The molecule has 0 atom stereocenters. The minimum absolute atomic E-state index is 0.148. The highest BCUT2D eigenvalue weighted by atomic mass is 16.5. The van der Waals surface area contributed by atoms with Gasteiger partial charge in [-0.05, 0) is 56.2 Å². The zero-order chi connectivity index (χ0) is 17.5. The Morgan fingerprint density at radius 3 is 2.33 bits per heavy atom. The average molecular weight is 325 g/mol. The van der Waals surface area contributed by atoms with E-state index in [0.717, 1.165) is 28.1 Å². The first-order valence-corrected chi connectivity index (χ1v) is 7.77. The van der Waals surface area contributed by atoms with E-state index in [0.29, 0.717) is 0 Å². The number of ether oxygens (including phenoxy) is 1. The number of rotatable bonds is 6. The number of anilines is 1. The first-order valence-electron chi connectivity index (χ1n) is 7.77. The number of amides is 1. The molecule has 0 saturated heterocycles. The van der Waals surface area contributed by atoms with Crippen LogP contribution in [0.2, 0.25) is 0 Å². The lowest BCUT2D eigenvalue weighted by Crippen LogP contribution is -2.25. The Labute approximate surface area is 142 Å². The molecule has 0 heterocycles. The molecule has 2 N–H and O–H groups in total. The van der Waals surface area contributed by atoms with Crippen molar-refractivity contribution in [1.82, 2.24) is 5.43 Å². The molecule has 24 heavy (non-hydrogen) atoms. The molecular formula is C19H23N3O2. The number of carbonyl (C=O) groups is 1. The highest BCUT2D eigenvalue weighted by Gasteiger charge is 2.02. The number of nitrogens with zero attached hydrogens (tertiary/aromatic N) is 1. The molecule has 126 valence electrons. The molecule has 2 aromatic carbocycles. The fourth-order valence-electron chi connectivity index (χ4n) is 2.49. The summed E-state index contributed by atoms with van der Waals surface area (Å²) in [5.41, 5.74) is 7.91. The summed E-state index contributed by atoms with van der Waals surface area (Å²) in [6.07, 6.45) is 1.69. The SMILES string of the molecule is COc1ccc(NCC(=O)N/N=C\c2c(C)cc(C)cc2C)cc1. The van der Waals surface area contributed by atoms with Crippen molar-refractivity contribution in [3.05, 3.63) is 58.7 Å². The van der Waals surface area contributed by atoms with E-state index in [1.54, 1.807) is 13.3 Å². The van der Waals surface area contributed by atoms with Gasteiger partial charge in [0.05, 0.1) is 19.9 Å². The van der Waals surface area contributed by atoms with Crippen molar-refractivity contribution >= 4 is 17.8 Å². The van der Waals surface area contributed by atoms with Gasteiger partial charge < -0.3 is 10.1 Å². The van der Waals surface area contributed by atoms with E-state index in [9.17, 15) is 4.79 Å². The maximum absolute atomic E-state index is 11.8. The molecule has 0 aliphatic carbocycles. The molecule has 1 amide bonds. The monoisotopic (exact) mass is 325 g/mol. The van der Waals surface area contributed by atoms with E-state index >= 15 is 0 Å². The van der Waals surface area contributed by atoms with Crippen molar-refractivity contribution < 1.29 is 9.53 Å². The van der Waals surface area contributed by atoms with E-state index in [1.165, 1.54) is 5.56 Å². The van der Waals surface area contributed by atoms with Gasteiger partial charge in [0.15, 0.2) is 0 Å². The lowest BCUT2D eigenvalue weighted by molar-refractivity contribution is -0.119. The minimum Gasteiger partial charge on any atom is -0.497 e. The quantitative estimate of drug-likeness (QED) is 0.633. The van der Waals surface area contributed by atoms with Gasteiger partial charge in [-0.1, -0.05) is 17.7 Å². The minimum atomic E-state index is -0.204. The molecule has 0 aliphatic rings. The summed E-state index contributed by atoms with van der Waals surface area (Å²) < 4.78 is 5.09. The number of hydrazone groups is 1. The third-order valence-electron chi connectivity index (χ3n) is 3.66. The molecule has 0 fully saturated rings. The van der Waals surface area contributed by atoms with Crippen molar-refractivity contribution in [3.63, 3.8) is 0 Å². The van der Waals surface area contributed by atoms with Crippen LogP contribution in [0.15, 0.2) is 41.5 Å². The number of nitrogens with one attached hydrogen (secondary N) is 2. The first-order chi connectivity index (χ1) is 11.5. The smallest absolute Gasteiger partial charge is 0.259 e. The molecule has 0 bridgehead atoms. The molecule has 2 aromatic rings. The molecule has 0 radical (unpaired) electrons. The van der Waals surface area contributed by atoms with Gasteiger partial charge >= 0.3 is 0 Å². The lowest BCUT2D eigenvalue weighted by atomic mass is 10.0.